The largest absolute Gasteiger partial charge is 0.311 e. The molecule has 2 rings (SSSR count). The Hall–Kier alpha value is -0.450. The number of piperidine rings is 1. The van der Waals surface area contributed by atoms with Crippen LogP contribution in [0.2, 0.25) is 0 Å². The van der Waals surface area contributed by atoms with Gasteiger partial charge in [0.25, 0.3) is 0 Å². The van der Waals surface area contributed by atoms with Gasteiger partial charge in [0.05, 0.1) is 10.7 Å². The zero-order valence-electron chi connectivity index (χ0n) is 13.2. The summed E-state index contributed by atoms with van der Waals surface area (Å²) in [7, 11) is 0. The Balaban J connectivity index is 1.67. The lowest BCUT2D eigenvalue weighted by Crippen LogP contribution is -2.34. The van der Waals surface area contributed by atoms with E-state index in [4.69, 9.17) is 4.98 Å². The number of thiazole rings is 1. The zero-order chi connectivity index (χ0) is 14.4. The predicted octanol–water partition coefficient (Wildman–Crippen LogP) is 3.16. The number of hydrogen-bond donors (Lipinski definition) is 1. The van der Waals surface area contributed by atoms with Gasteiger partial charge in [0.2, 0.25) is 0 Å². The van der Waals surface area contributed by atoms with Crippen molar-refractivity contribution in [3.63, 3.8) is 0 Å². The van der Waals surface area contributed by atoms with Gasteiger partial charge in [-0.15, -0.1) is 11.3 Å². The number of aromatic nitrogens is 1. The summed E-state index contributed by atoms with van der Waals surface area (Å²) >= 11 is 1.82. The topological polar surface area (TPSA) is 28.2 Å². The third-order valence-electron chi connectivity index (χ3n) is 3.98. The molecule has 20 heavy (non-hydrogen) atoms. The Morgan fingerprint density at radius 2 is 2.15 bits per heavy atom. The van der Waals surface area contributed by atoms with Gasteiger partial charge in [0.1, 0.15) is 0 Å². The third kappa shape index (κ3) is 5.51. The van der Waals surface area contributed by atoms with Crippen molar-refractivity contribution in [1.82, 2.24) is 15.2 Å². The van der Waals surface area contributed by atoms with Crippen molar-refractivity contribution in [2.75, 3.05) is 26.2 Å². The van der Waals surface area contributed by atoms with E-state index in [1.165, 1.54) is 43.2 Å². The molecule has 1 aromatic heterocycles. The van der Waals surface area contributed by atoms with Crippen LogP contribution in [0.4, 0.5) is 0 Å². The van der Waals surface area contributed by atoms with E-state index in [-0.39, 0.29) is 0 Å². The first-order valence-corrected chi connectivity index (χ1v) is 8.88. The molecule has 3 nitrogen and oxygen atoms in total. The van der Waals surface area contributed by atoms with Gasteiger partial charge in [-0.2, -0.15) is 0 Å². The summed E-state index contributed by atoms with van der Waals surface area (Å²) in [6, 6.07) is 0. The molecule has 1 fully saturated rings. The number of rotatable bonds is 7. The van der Waals surface area contributed by atoms with Gasteiger partial charge in [-0.1, -0.05) is 20.8 Å². The Labute approximate surface area is 127 Å². The number of hydrogen-bond acceptors (Lipinski definition) is 4. The Morgan fingerprint density at radius 1 is 1.40 bits per heavy atom. The molecule has 1 aliphatic rings. The first-order chi connectivity index (χ1) is 9.63. The fraction of sp³-hybridized carbons (Fsp3) is 0.812. The summed E-state index contributed by atoms with van der Waals surface area (Å²) in [4.78, 5) is 7.33. The van der Waals surface area contributed by atoms with E-state index < -0.39 is 0 Å². The van der Waals surface area contributed by atoms with Crippen LogP contribution in [0.1, 0.15) is 44.3 Å². The van der Waals surface area contributed by atoms with Crippen LogP contribution < -0.4 is 5.32 Å². The lowest BCUT2D eigenvalue weighted by atomic mass is 9.99. The maximum atomic E-state index is 4.74. The second-order valence-corrected chi connectivity index (χ2v) is 7.47. The van der Waals surface area contributed by atoms with E-state index in [2.05, 4.69) is 36.4 Å². The van der Waals surface area contributed by atoms with Crippen LogP contribution >= 0.6 is 11.3 Å². The van der Waals surface area contributed by atoms with E-state index in [1.54, 1.807) is 0 Å². The summed E-state index contributed by atoms with van der Waals surface area (Å²) in [6.07, 6.45) is 3.84. The van der Waals surface area contributed by atoms with Crippen molar-refractivity contribution in [3.8, 4) is 0 Å². The summed E-state index contributed by atoms with van der Waals surface area (Å²) in [5.41, 5.74) is 1.21. The highest BCUT2D eigenvalue weighted by atomic mass is 32.1. The van der Waals surface area contributed by atoms with Crippen LogP contribution in [0.3, 0.4) is 0 Å². The molecule has 0 unspecified atom stereocenters. The normalized spacial score (nSPS) is 18.0. The van der Waals surface area contributed by atoms with Gasteiger partial charge in [-0.3, -0.25) is 0 Å². The van der Waals surface area contributed by atoms with E-state index in [9.17, 15) is 0 Å². The predicted molar refractivity (Wildman–Crippen MR) is 87.2 cm³/mol. The van der Waals surface area contributed by atoms with Crippen LogP contribution in [-0.4, -0.2) is 36.1 Å². The highest BCUT2D eigenvalue weighted by Crippen LogP contribution is 2.17. The van der Waals surface area contributed by atoms with Crippen LogP contribution in [0, 0.1) is 11.8 Å². The van der Waals surface area contributed by atoms with E-state index >= 15 is 0 Å². The van der Waals surface area contributed by atoms with E-state index in [0.29, 0.717) is 5.92 Å². The molecular formula is C16H29N3S. The number of nitrogens with one attached hydrogen (secondary N) is 1. The van der Waals surface area contributed by atoms with Gasteiger partial charge in [0, 0.05) is 24.9 Å². The average Bonchev–Trinajstić information content (AvgIpc) is 2.86. The first-order valence-electron chi connectivity index (χ1n) is 8.00. The van der Waals surface area contributed by atoms with Crippen molar-refractivity contribution < 1.29 is 0 Å². The lowest BCUT2D eigenvalue weighted by molar-refractivity contribution is 0.194. The van der Waals surface area contributed by atoms with E-state index in [0.717, 1.165) is 25.4 Å². The molecule has 1 aromatic rings. The number of likely N-dealkylation sites (tertiary alicyclic amines) is 1. The third-order valence-corrected chi connectivity index (χ3v) is 4.93. The molecule has 4 heteroatoms. The molecule has 0 amide bonds. The molecule has 0 aromatic carbocycles. The van der Waals surface area contributed by atoms with Crippen molar-refractivity contribution in [3.05, 3.63) is 16.1 Å². The van der Waals surface area contributed by atoms with Gasteiger partial charge < -0.3 is 10.2 Å². The maximum absolute atomic E-state index is 4.74. The minimum absolute atomic E-state index is 0.703. The molecule has 0 radical (unpaired) electrons. The van der Waals surface area contributed by atoms with Gasteiger partial charge in [0.15, 0.2) is 0 Å². The molecule has 0 bridgehead atoms. The number of nitrogens with zero attached hydrogens (tertiary/aromatic N) is 2. The molecule has 1 aliphatic heterocycles. The van der Waals surface area contributed by atoms with Crippen molar-refractivity contribution in [2.45, 2.75) is 46.6 Å². The molecule has 0 saturated carbocycles. The summed E-state index contributed by atoms with van der Waals surface area (Å²) in [6.45, 7) is 12.5. The van der Waals surface area contributed by atoms with Gasteiger partial charge in [-0.25, -0.2) is 4.98 Å². The van der Waals surface area contributed by atoms with Crippen molar-refractivity contribution in [1.29, 1.82) is 0 Å². The summed E-state index contributed by atoms with van der Waals surface area (Å²) in [5.74, 6) is 1.62. The molecule has 1 N–H and O–H groups in total. The molecule has 0 aliphatic carbocycles. The molecular weight excluding hydrogens is 266 g/mol. The average molecular weight is 295 g/mol. The second-order valence-electron chi connectivity index (χ2n) is 6.53. The SMILES string of the molecule is CC(C)CNCc1csc(CCN2CCC(C)CC2)n1. The molecule has 0 atom stereocenters. The fourth-order valence-corrected chi connectivity index (χ4v) is 3.36. The maximum Gasteiger partial charge on any atom is 0.0941 e. The summed E-state index contributed by atoms with van der Waals surface area (Å²) < 4.78 is 0. The molecule has 0 spiro atoms. The van der Waals surface area contributed by atoms with E-state index in [1.807, 2.05) is 11.3 Å². The monoisotopic (exact) mass is 295 g/mol. The van der Waals surface area contributed by atoms with Crippen LogP contribution in [0.5, 0.6) is 0 Å². The second kappa shape index (κ2) is 8.11. The molecule has 2 heterocycles. The van der Waals surface area contributed by atoms with Crippen LogP contribution in [-0.2, 0) is 13.0 Å². The first kappa shape index (κ1) is 15.9. The summed E-state index contributed by atoms with van der Waals surface area (Å²) in [5, 5.41) is 6.96. The Morgan fingerprint density at radius 3 is 2.85 bits per heavy atom. The Bertz CT molecular complexity index is 381. The minimum atomic E-state index is 0.703. The molecule has 1 saturated heterocycles. The highest BCUT2D eigenvalue weighted by Gasteiger charge is 2.15. The zero-order valence-corrected chi connectivity index (χ0v) is 14.0. The van der Waals surface area contributed by atoms with Crippen molar-refractivity contribution in [2.24, 2.45) is 11.8 Å². The van der Waals surface area contributed by atoms with Crippen molar-refractivity contribution >= 4 is 11.3 Å². The standard InChI is InChI=1S/C16H29N3S/c1-13(2)10-17-11-15-12-20-16(18-15)6-9-19-7-4-14(3)5-8-19/h12-14,17H,4-11H2,1-3H3. The van der Waals surface area contributed by atoms with Gasteiger partial charge >= 0.3 is 0 Å². The van der Waals surface area contributed by atoms with Crippen LogP contribution in [0.25, 0.3) is 0 Å². The smallest absolute Gasteiger partial charge is 0.0941 e. The lowest BCUT2D eigenvalue weighted by Gasteiger charge is -2.29. The molecule has 114 valence electrons. The highest BCUT2D eigenvalue weighted by molar-refractivity contribution is 7.09. The van der Waals surface area contributed by atoms with Crippen LogP contribution in [0.15, 0.2) is 5.38 Å². The fourth-order valence-electron chi connectivity index (χ4n) is 2.57. The quantitative estimate of drug-likeness (QED) is 0.837. The minimum Gasteiger partial charge on any atom is -0.311 e. The van der Waals surface area contributed by atoms with Gasteiger partial charge in [-0.05, 0) is 44.3 Å². The Kier molecular flexibility index (Phi) is 6.46.